The molecule has 2 aromatic rings. The third-order valence-electron chi connectivity index (χ3n) is 2.11. The van der Waals surface area contributed by atoms with Crippen LogP contribution in [0.15, 0.2) is 27.4 Å². The number of hydrogen-bond donors (Lipinski definition) is 0. The summed E-state index contributed by atoms with van der Waals surface area (Å²) < 4.78 is 39.2. The molecule has 6 heteroatoms. The van der Waals surface area contributed by atoms with E-state index in [9.17, 15) is 18.0 Å². The molecule has 17 heavy (non-hydrogen) atoms. The Bertz CT molecular complexity index is 571. The van der Waals surface area contributed by atoms with Gasteiger partial charge in [-0.1, -0.05) is 0 Å². The second-order valence-corrected chi connectivity index (χ2v) is 4.81. The van der Waals surface area contributed by atoms with Crippen LogP contribution < -0.4 is 0 Å². The summed E-state index contributed by atoms with van der Waals surface area (Å²) in [5, 5.41) is 3.22. The highest BCUT2D eigenvalue weighted by molar-refractivity contribution is 9.10. The molecule has 0 N–H and O–H groups in total. The number of rotatable bonds is 2. The highest BCUT2D eigenvalue weighted by Gasteiger charge is 2.18. The smallest absolute Gasteiger partial charge is 0.195 e. The molecule has 0 saturated carbocycles. The molecule has 0 fully saturated rings. The van der Waals surface area contributed by atoms with E-state index in [1.807, 2.05) is 0 Å². The first-order chi connectivity index (χ1) is 8.00. The van der Waals surface area contributed by atoms with Gasteiger partial charge < -0.3 is 0 Å². The minimum Gasteiger partial charge on any atom is -0.289 e. The van der Waals surface area contributed by atoms with Crippen molar-refractivity contribution in [1.82, 2.24) is 0 Å². The molecule has 0 atom stereocenters. The van der Waals surface area contributed by atoms with Gasteiger partial charge in [-0.3, -0.25) is 4.79 Å². The highest BCUT2D eigenvalue weighted by Crippen LogP contribution is 2.25. The van der Waals surface area contributed by atoms with Crippen molar-refractivity contribution in [3.63, 3.8) is 0 Å². The summed E-state index contributed by atoms with van der Waals surface area (Å²) in [4.78, 5) is 11.9. The quantitative estimate of drug-likeness (QED) is 0.600. The van der Waals surface area contributed by atoms with E-state index in [0.29, 0.717) is 22.2 Å². The molecule has 0 bridgehead atoms. The topological polar surface area (TPSA) is 17.1 Å². The Morgan fingerprint density at radius 2 is 1.71 bits per heavy atom. The molecule has 0 aliphatic carbocycles. The number of thiophene rings is 1. The van der Waals surface area contributed by atoms with Crippen molar-refractivity contribution in [3.8, 4) is 0 Å². The number of carbonyl (C=O) groups excluding carboxylic acids is 1. The van der Waals surface area contributed by atoms with Gasteiger partial charge in [0.2, 0.25) is 0 Å². The van der Waals surface area contributed by atoms with E-state index in [4.69, 9.17) is 0 Å². The lowest BCUT2D eigenvalue weighted by molar-refractivity contribution is 0.103. The predicted molar refractivity (Wildman–Crippen MR) is 61.8 cm³/mol. The van der Waals surface area contributed by atoms with Crippen LogP contribution in [0.3, 0.4) is 0 Å². The van der Waals surface area contributed by atoms with Crippen molar-refractivity contribution in [2.75, 3.05) is 0 Å². The summed E-state index contributed by atoms with van der Waals surface area (Å²) in [5.74, 6) is -4.89. The molecule has 1 nitrogen and oxygen atoms in total. The Kier molecular flexibility index (Phi) is 3.35. The molecule has 2 rings (SSSR count). The standard InChI is InChI=1S/C11H4BrF3OS/c12-7-4-17-3-6(7)11(16)5-1-8(13)10(15)9(14)2-5/h1-4H. The largest absolute Gasteiger partial charge is 0.289 e. The number of hydrogen-bond acceptors (Lipinski definition) is 2. The summed E-state index contributed by atoms with van der Waals surface area (Å²) in [7, 11) is 0. The van der Waals surface area contributed by atoms with Crippen LogP contribution in [-0.2, 0) is 0 Å². The van der Waals surface area contributed by atoms with E-state index < -0.39 is 23.2 Å². The number of ketones is 1. The summed E-state index contributed by atoms with van der Waals surface area (Å²) in [6.07, 6.45) is 0. The van der Waals surface area contributed by atoms with Crippen LogP contribution in [0, 0.1) is 17.5 Å². The Morgan fingerprint density at radius 3 is 2.18 bits per heavy atom. The van der Waals surface area contributed by atoms with Gasteiger partial charge >= 0.3 is 0 Å². The van der Waals surface area contributed by atoms with E-state index in [1.165, 1.54) is 11.3 Å². The molecule has 0 saturated heterocycles. The van der Waals surface area contributed by atoms with Crippen LogP contribution in [-0.4, -0.2) is 5.78 Å². The number of halogens is 4. The molecule has 0 unspecified atom stereocenters. The van der Waals surface area contributed by atoms with Crippen LogP contribution in [0.25, 0.3) is 0 Å². The van der Waals surface area contributed by atoms with Crippen LogP contribution in [0.5, 0.6) is 0 Å². The van der Waals surface area contributed by atoms with E-state index in [-0.39, 0.29) is 5.56 Å². The van der Waals surface area contributed by atoms with Gasteiger partial charge in [-0.15, -0.1) is 0 Å². The van der Waals surface area contributed by atoms with E-state index in [0.717, 1.165) is 0 Å². The van der Waals surface area contributed by atoms with Crippen molar-refractivity contribution in [2.45, 2.75) is 0 Å². The third kappa shape index (κ3) is 2.28. The molecule has 0 radical (unpaired) electrons. The molecule has 1 aromatic carbocycles. The zero-order chi connectivity index (χ0) is 12.6. The average molecular weight is 321 g/mol. The maximum Gasteiger partial charge on any atom is 0.195 e. The molecule has 88 valence electrons. The van der Waals surface area contributed by atoms with Crippen molar-refractivity contribution in [3.05, 3.63) is 55.9 Å². The minimum atomic E-state index is -1.58. The van der Waals surface area contributed by atoms with Crippen molar-refractivity contribution in [1.29, 1.82) is 0 Å². The van der Waals surface area contributed by atoms with Gasteiger partial charge in [0.25, 0.3) is 0 Å². The third-order valence-corrected chi connectivity index (χ3v) is 3.81. The molecular formula is C11H4BrF3OS. The number of carbonyl (C=O) groups is 1. The number of benzene rings is 1. The summed E-state index contributed by atoms with van der Waals surface area (Å²) in [6, 6.07) is 1.37. The predicted octanol–water partition coefficient (Wildman–Crippen LogP) is 4.16. The first-order valence-electron chi connectivity index (χ1n) is 4.41. The minimum absolute atomic E-state index is 0.222. The normalized spacial score (nSPS) is 10.6. The van der Waals surface area contributed by atoms with Crippen molar-refractivity contribution >= 4 is 33.0 Å². The second kappa shape index (κ2) is 4.62. The lowest BCUT2D eigenvalue weighted by atomic mass is 10.1. The monoisotopic (exact) mass is 320 g/mol. The molecule has 0 aliphatic heterocycles. The van der Waals surface area contributed by atoms with Crippen LogP contribution in [0.1, 0.15) is 15.9 Å². The molecule has 0 aliphatic rings. The first-order valence-corrected chi connectivity index (χ1v) is 6.15. The maximum absolute atomic E-state index is 13.0. The molecule has 0 amide bonds. The molecule has 1 aromatic heterocycles. The van der Waals surface area contributed by atoms with Gasteiger partial charge in [-0.25, -0.2) is 13.2 Å². The van der Waals surface area contributed by atoms with E-state index >= 15 is 0 Å². The molecule has 0 spiro atoms. The highest BCUT2D eigenvalue weighted by atomic mass is 79.9. The fraction of sp³-hybridized carbons (Fsp3) is 0. The zero-order valence-electron chi connectivity index (χ0n) is 8.14. The van der Waals surface area contributed by atoms with Gasteiger partial charge in [0.15, 0.2) is 23.2 Å². The fourth-order valence-corrected chi connectivity index (χ4v) is 2.74. The molecular weight excluding hydrogens is 317 g/mol. The van der Waals surface area contributed by atoms with Crippen LogP contribution >= 0.6 is 27.3 Å². The lowest BCUT2D eigenvalue weighted by Gasteiger charge is -2.02. The van der Waals surface area contributed by atoms with Crippen molar-refractivity contribution < 1.29 is 18.0 Å². The molecule has 1 heterocycles. The fourth-order valence-electron chi connectivity index (χ4n) is 1.29. The first kappa shape index (κ1) is 12.3. The Labute approximate surface area is 107 Å². The van der Waals surface area contributed by atoms with Gasteiger partial charge in [0.05, 0.1) is 0 Å². The summed E-state index contributed by atoms with van der Waals surface area (Å²) in [5.41, 5.74) is 0.0703. The van der Waals surface area contributed by atoms with Gasteiger partial charge in [0, 0.05) is 26.4 Å². The second-order valence-electron chi connectivity index (χ2n) is 3.22. The van der Waals surface area contributed by atoms with Gasteiger partial charge in [-0.2, -0.15) is 11.3 Å². The summed E-state index contributed by atoms with van der Waals surface area (Å²) in [6.45, 7) is 0. The summed E-state index contributed by atoms with van der Waals surface area (Å²) >= 11 is 4.42. The maximum atomic E-state index is 13.0. The average Bonchev–Trinajstić information content (AvgIpc) is 2.70. The Morgan fingerprint density at radius 1 is 1.12 bits per heavy atom. The van der Waals surface area contributed by atoms with Gasteiger partial charge in [-0.05, 0) is 28.1 Å². The Hall–Kier alpha value is -1.14. The van der Waals surface area contributed by atoms with E-state index in [2.05, 4.69) is 15.9 Å². The SMILES string of the molecule is O=C(c1cc(F)c(F)c(F)c1)c1cscc1Br. The van der Waals surface area contributed by atoms with Gasteiger partial charge in [0.1, 0.15) is 0 Å². The zero-order valence-corrected chi connectivity index (χ0v) is 10.5. The van der Waals surface area contributed by atoms with Crippen molar-refractivity contribution in [2.24, 2.45) is 0 Å². The Balaban J connectivity index is 2.49. The van der Waals surface area contributed by atoms with Crippen LogP contribution in [0.2, 0.25) is 0 Å². The van der Waals surface area contributed by atoms with E-state index in [1.54, 1.807) is 10.8 Å². The van der Waals surface area contributed by atoms with Crippen LogP contribution in [0.4, 0.5) is 13.2 Å². The lowest BCUT2D eigenvalue weighted by Crippen LogP contribution is -2.04.